The van der Waals surface area contributed by atoms with Gasteiger partial charge in [0.2, 0.25) is 0 Å². The van der Waals surface area contributed by atoms with Gasteiger partial charge in [0.25, 0.3) is 0 Å². The second kappa shape index (κ2) is 7.24. The van der Waals surface area contributed by atoms with Gasteiger partial charge in [0.1, 0.15) is 0 Å². The molecular weight excluding hydrogens is 244 g/mol. The first-order valence-corrected chi connectivity index (χ1v) is 8.44. The standard InChI is InChI=1S/C18H28N2/c1-2-8-15(9-3-1)14-20-18-11-5-4-10-16(18)17-12-6-7-13-19-17/h1-3,8-9,16-20H,4-7,10-14H2. The molecule has 110 valence electrons. The van der Waals surface area contributed by atoms with Crippen LogP contribution in [-0.2, 0) is 6.54 Å². The van der Waals surface area contributed by atoms with E-state index in [1.165, 1.54) is 57.1 Å². The summed E-state index contributed by atoms with van der Waals surface area (Å²) in [7, 11) is 0. The van der Waals surface area contributed by atoms with Crippen LogP contribution in [0.2, 0.25) is 0 Å². The van der Waals surface area contributed by atoms with Crippen molar-refractivity contribution in [2.75, 3.05) is 6.54 Å². The van der Waals surface area contributed by atoms with E-state index in [0.717, 1.165) is 18.5 Å². The van der Waals surface area contributed by atoms with Crippen molar-refractivity contribution in [2.24, 2.45) is 5.92 Å². The molecule has 0 radical (unpaired) electrons. The summed E-state index contributed by atoms with van der Waals surface area (Å²) in [5.74, 6) is 0.841. The Kier molecular flexibility index (Phi) is 5.10. The Morgan fingerprint density at radius 2 is 1.75 bits per heavy atom. The SMILES string of the molecule is c1ccc(CNC2CCCCC2C2CCCCN2)cc1. The van der Waals surface area contributed by atoms with E-state index in [-0.39, 0.29) is 0 Å². The molecule has 20 heavy (non-hydrogen) atoms. The molecule has 3 atom stereocenters. The van der Waals surface area contributed by atoms with Crippen LogP contribution in [0.25, 0.3) is 0 Å². The summed E-state index contributed by atoms with van der Waals surface area (Å²) in [4.78, 5) is 0. The lowest BCUT2D eigenvalue weighted by Crippen LogP contribution is -2.50. The Morgan fingerprint density at radius 1 is 0.950 bits per heavy atom. The molecule has 2 aliphatic rings. The summed E-state index contributed by atoms with van der Waals surface area (Å²) in [6, 6.07) is 12.3. The van der Waals surface area contributed by atoms with Crippen molar-refractivity contribution in [3.05, 3.63) is 35.9 Å². The summed E-state index contributed by atoms with van der Waals surface area (Å²) in [6.45, 7) is 2.25. The van der Waals surface area contributed by atoms with E-state index in [0.29, 0.717) is 6.04 Å². The molecule has 1 heterocycles. The molecule has 3 unspecified atom stereocenters. The third kappa shape index (κ3) is 3.62. The molecule has 1 aromatic rings. The molecule has 1 saturated carbocycles. The minimum atomic E-state index is 0.708. The van der Waals surface area contributed by atoms with Crippen LogP contribution in [0.3, 0.4) is 0 Å². The summed E-state index contributed by atoms with van der Waals surface area (Å²) in [5, 5.41) is 7.62. The summed E-state index contributed by atoms with van der Waals surface area (Å²) < 4.78 is 0. The van der Waals surface area contributed by atoms with Gasteiger partial charge >= 0.3 is 0 Å². The Balaban J connectivity index is 1.57. The molecule has 3 rings (SSSR count). The zero-order chi connectivity index (χ0) is 13.6. The van der Waals surface area contributed by atoms with Gasteiger partial charge in [-0.3, -0.25) is 0 Å². The average molecular weight is 272 g/mol. The summed E-state index contributed by atoms with van der Waals surface area (Å²) >= 11 is 0. The maximum atomic E-state index is 3.85. The summed E-state index contributed by atoms with van der Waals surface area (Å²) in [5.41, 5.74) is 1.41. The van der Waals surface area contributed by atoms with E-state index in [4.69, 9.17) is 0 Å². The first-order valence-electron chi connectivity index (χ1n) is 8.44. The molecule has 1 aliphatic heterocycles. The van der Waals surface area contributed by atoms with Gasteiger partial charge in [-0.1, -0.05) is 49.6 Å². The molecule has 2 N–H and O–H groups in total. The van der Waals surface area contributed by atoms with Gasteiger partial charge in [-0.25, -0.2) is 0 Å². The van der Waals surface area contributed by atoms with Crippen molar-refractivity contribution in [1.82, 2.24) is 10.6 Å². The number of piperidine rings is 1. The minimum Gasteiger partial charge on any atom is -0.314 e. The van der Waals surface area contributed by atoms with E-state index >= 15 is 0 Å². The topological polar surface area (TPSA) is 24.1 Å². The van der Waals surface area contributed by atoms with Crippen LogP contribution < -0.4 is 10.6 Å². The number of nitrogens with one attached hydrogen (secondary N) is 2. The molecule has 2 nitrogen and oxygen atoms in total. The highest BCUT2D eigenvalue weighted by Gasteiger charge is 2.31. The maximum absolute atomic E-state index is 3.85. The van der Waals surface area contributed by atoms with E-state index < -0.39 is 0 Å². The fourth-order valence-electron chi connectivity index (χ4n) is 3.98. The predicted molar refractivity (Wildman–Crippen MR) is 84.7 cm³/mol. The van der Waals surface area contributed by atoms with Crippen molar-refractivity contribution < 1.29 is 0 Å². The van der Waals surface area contributed by atoms with Crippen LogP contribution >= 0.6 is 0 Å². The lowest BCUT2D eigenvalue weighted by Gasteiger charge is -2.40. The Morgan fingerprint density at radius 3 is 2.55 bits per heavy atom. The fraction of sp³-hybridized carbons (Fsp3) is 0.667. The normalized spacial score (nSPS) is 31.1. The van der Waals surface area contributed by atoms with E-state index in [2.05, 4.69) is 41.0 Å². The lowest BCUT2D eigenvalue weighted by atomic mass is 9.77. The number of hydrogen-bond donors (Lipinski definition) is 2. The Hall–Kier alpha value is -0.860. The van der Waals surface area contributed by atoms with Crippen LogP contribution in [0.5, 0.6) is 0 Å². The summed E-state index contributed by atoms with van der Waals surface area (Å²) in [6.07, 6.45) is 9.75. The lowest BCUT2D eigenvalue weighted by molar-refractivity contribution is 0.181. The molecule has 2 fully saturated rings. The number of hydrogen-bond acceptors (Lipinski definition) is 2. The molecule has 1 aromatic carbocycles. The van der Waals surface area contributed by atoms with Crippen LogP contribution in [0.4, 0.5) is 0 Å². The smallest absolute Gasteiger partial charge is 0.0208 e. The van der Waals surface area contributed by atoms with Crippen molar-refractivity contribution in [1.29, 1.82) is 0 Å². The number of rotatable bonds is 4. The van der Waals surface area contributed by atoms with Gasteiger partial charge in [0, 0.05) is 18.6 Å². The fourth-order valence-corrected chi connectivity index (χ4v) is 3.98. The molecule has 0 spiro atoms. The van der Waals surface area contributed by atoms with Crippen LogP contribution in [-0.4, -0.2) is 18.6 Å². The van der Waals surface area contributed by atoms with Gasteiger partial charge in [-0.15, -0.1) is 0 Å². The van der Waals surface area contributed by atoms with Crippen LogP contribution in [0, 0.1) is 5.92 Å². The van der Waals surface area contributed by atoms with Crippen molar-refractivity contribution in [3.8, 4) is 0 Å². The molecular formula is C18H28N2. The van der Waals surface area contributed by atoms with Gasteiger partial charge in [0.05, 0.1) is 0 Å². The third-order valence-electron chi connectivity index (χ3n) is 5.10. The highest BCUT2D eigenvalue weighted by Crippen LogP contribution is 2.30. The first-order chi connectivity index (χ1) is 9.93. The van der Waals surface area contributed by atoms with Gasteiger partial charge < -0.3 is 10.6 Å². The average Bonchev–Trinajstić information content (AvgIpc) is 2.55. The quantitative estimate of drug-likeness (QED) is 0.877. The Bertz CT molecular complexity index is 384. The highest BCUT2D eigenvalue weighted by atomic mass is 15.0. The van der Waals surface area contributed by atoms with E-state index in [1.807, 2.05) is 0 Å². The van der Waals surface area contributed by atoms with Crippen LogP contribution in [0.15, 0.2) is 30.3 Å². The van der Waals surface area contributed by atoms with Crippen molar-refractivity contribution in [3.63, 3.8) is 0 Å². The first kappa shape index (κ1) is 14.1. The van der Waals surface area contributed by atoms with Crippen molar-refractivity contribution in [2.45, 2.75) is 63.6 Å². The molecule has 1 saturated heterocycles. The zero-order valence-corrected chi connectivity index (χ0v) is 12.5. The maximum Gasteiger partial charge on any atom is 0.0208 e. The molecule has 1 aliphatic carbocycles. The van der Waals surface area contributed by atoms with Gasteiger partial charge in [-0.2, -0.15) is 0 Å². The molecule has 0 aromatic heterocycles. The third-order valence-corrected chi connectivity index (χ3v) is 5.10. The molecule has 0 amide bonds. The second-order valence-electron chi connectivity index (χ2n) is 6.48. The van der Waals surface area contributed by atoms with Gasteiger partial charge in [0.15, 0.2) is 0 Å². The monoisotopic (exact) mass is 272 g/mol. The zero-order valence-electron chi connectivity index (χ0n) is 12.5. The second-order valence-corrected chi connectivity index (χ2v) is 6.48. The largest absolute Gasteiger partial charge is 0.314 e. The van der Waals surface area contributed by atoms with Crippen molar-refractivity contribution >= 4 is 0 Å². The predicted octanol–water partition coefficient (Wildman–Crippen LogP) is 3.48. The Labute approximate surface area is 123 Å². The number of benzene rings is 1. The van der Waals surface area contributed by atoms with E-state index in [9.17, 15) is 0 Å². The van der Waals surface area contributed by atoms with Gasteiger partial charge in [-0.05, 0) is 43.7 Å². The minimum absolute atomic E-state index is 0.708. The highest BCUT2D eigenvalue weighted by molar-refractivity contribution is 5.14. The molecule has 2 heteroatoms. The van der Waals surface area contributed by atoms with E-state index in [1.54, 1.807) is 0 Å². The molecule has 0 bridgehead atoms. The van der Waals surface area contributed by atoms with Crippen LogP contribution in [0.1, 0.15) is 50.5 Å².